The van der Waals surface area contributed by atoms with Crippen LogP contribution in [0.5, 0.6) is 5.75 Å². The average molecular weight is 270 g/mol. The molecular weight excluding hydrogens is 248 g/mol. The molecule has 0 aliphatic heterocycles. The lowest BCUT2D eigenvalue weighted by molar-refractivity contribution is 0.402. The highest BCUT2D eigenvalue weighted by Gasteiger charge is 2.13. The molecule has 0 saturated heterocycles. The molecular formula is C17H22N2O. The van der Waals surface area contributed by atoms with E-state index >= 15 is 0 Å². The number of nitrogens with two attached hydrogens (primary N) is 1. The molecule has 0 heterocycles. The highest BCUT2D eigenvalue weighted by Crippen LogP contribution is 2.28. The standard InChI is InChI=1S/C17H22N2O/c1-19(2)12-13-7-6-8-14(11-13)17(18)15-9-4-5-10-16(15)20-3/h4-11,17H,12,18H2,1-3H3. The second kappa shape index (κ2) is 6.55. The van der Waals surface area contributed by atoms with E-state index in [1.165, 1.54) is 5.56 Å². The van der Waals surface area contributed by atoms with Crippen molar-refractivity contribution in [2.75, 3.05) is 21.2 Å². The Kier molecular flexibility index (Phi) is 4.77. The van der Waals surface area contributed by atoms with Crippen molar-refractivity contribution in [2.45, 2.75) is 12.6 Å². The first kappa shape index (κ1) is 14.6. The van der Waals surface area contributed by atoms with Crippen LogP contribution >= 0.6 is 0 Å². The third kappa shape index (κ3) is 3.38. The summed E-state index contributed by atoms with van der Waals surface area (Å²) in [6.45, 7) is 0.909. The number of rotatable bonds is 5. The van der Waals surface area contributed by atoms with Crippen LogP contribution in [0.1, 0.15) is 22.7 Å². The van der Waals surface area contributed by atoms with Crippen molar-refractivity contribution in [1.82, 2.24) is 4.90 Å². The van der Waals surface area contributed by atoms with Gasteiger partial charge in [0.15, 0.2) is 0 Å². The van der Waals surface area contributed by atoms with Gasteiger partial charge in [-0.15, -0.1) is 0 Å². The van der Waals surface area contributed by atoms with Gasteiger partial charge in [0.1, 0.15) is 5.75 Å². The third-order valence-corrected chi connectivity index (χ3v) is 3.28. The fourth-order valence-corrected chi connectivity index (χ4v) is 2.35. The Labute approximate surface area is 121 Å². The van der Waals surface area contributed by atoms with Gasteiger partial charge in [-0.25, -0.2) is 0 Å². The molecule has 0 spiro atoms. The second-order valence-corrected chi connectivity index (χ2v) is 5.20. The monoisotopic (exact) mass is 270 g/mol. The Morgan fingerprint density at radius 1 is 1.10 bits per heavy atom. The summed E-state index contributed by atoms with van der Waals surface area (Å²) >= 11 is 0. The zero-order valence-electron chi connectivity index (χ0n) is 12.3. The Hall–Kier alpha value is -1.84. The van der Waals surface area contributed by atoms with Gasteiger partial charge in [-0.05, 0) is 31.3 Å². The number of benzene rings is 2. The summed E-state index contributed by atoms with van der Waals surface area (Å²) in [4.78, 5) is 2.15. The molecule has 1 unspecified atom stereocenters. The van der Waals surface area contributed by atoms with E-state index in [1.54, 1.807) is 7.11 Å². The van der Waals surface area contributed by atoms with E-state index in [-0.39, 0.29) is 6.04 Å². The van der Waals surface area contributed by atoms with Gasteiger partial charge in [0.05, 0.1) is 13.2 Å². The fourth-order valence-electron chi connectivity index (χ4n) is 2.35. The van der Waals surface area contributed by atoms with Crippen molar-refractivity contribution in [3.8, 4) is 5.75 Å². The Morgan fingerprint density at radius 3 is 2.55 bits per heavy atom. The lowest BCUT2D eigenvalue weighted by atomic mass is 9.97. The number of para-hydroxylation sites is 1. The molecule has 2 rings (SSSR count). The molecule has 2 aromatic carbocycles. The Balaban J connectivity index is 2.30. The first-order valence-corrected chi connectivity index (χ1v) is 6.74. The lowest BCUT2D eigenvalue weighted by Crippen LogP contribution is -2.15. The largest absolute Gasteiger partial charge is 0.496 e. The van der Waals surface area contributed by atoms with Gasteiger partial charge in [0, 0.05) is 12.1 Å². The van der Waals surface area contributed by atoms with E-state index in [0.29, 0.717) is 0 Å². The normalized spacial score (nSPS) is 12.4. The van der Waals surface area contributed by atoms with E-state index < -0.39 is 0 Å². The minimum atomic E-state index is -0.173. The molecule has 0 saturated carbocycles. The molecule has 20 heavy (non-hydrogen) atoms. The maximum atomic E-state index is 6.40. The summed E-state index contributed by atoms with van der Waals surface area (Å²) in [5.41, 5.74) is 9.78. The van der Waals surface area contributed by atoms with Crippen LogP contribution in [0.4, 0.5) is 0 Å². The molecule has 0 aliphatic carbocycles. The van der Waals surface area contributed by atoms with Crippen molar-refractivity contribution < 1.29 is 4.74 Å². The van der Waals surface area contributed by atoms with E-state index in [9.17, 15) is 0 Å². The average Bonchev–Trinajstić information content (AvgIpc) is 2.46. The number of ether oxygens (including phenoxy) is 1. The molecule has 1 atom stereocenters. The smallest absolute Gasteiger partial charge is 0.123 e. The van der Waals surface area contributed by atoms with E-state index in [0.717, 1.165) is 23.4 Å². The lowest BCUT2D eigenvalue weighted by Gasteiger charge is -2.17. The zero-order valence-corrected chi connectivity index (χ0v) is 12.3. The molecule has 0 aliphatic rings. The van der Waals surface area contributed by atoms with Crippen LogP contribution in [-0.4, -0.2) is 26.1 Å². The van der Waals surface area contributed by atoms with Gasteiger partial charge < -0.3 is 15.4 Å². The molecule has 3 heteroatoms. The van der Waals surface area contributed by atoms with Crippen LogP contribution in [0.3, 0.4) is 0 Å². The van der Waals surface area contributed by atoms with Gasteiger partial charge in [-0.3, -0.25) is 0 Å². The maximum absolute atomic E-state index is 6.40. The van der Waals surface area contributed by atoms with Crippen molar-refractivity contribution >= 4 is 0 Å². The molecule has 0 fully saturated rings. The highest BCUT2D eigenvalue weighted by molar-refractivity contribution is 5.42. The summed E-state index contributed by atoms with van der Waals surface area (Å²) in [6, 6.07) is 16.1. The van der Waals surface area contributed by atoms with Crippen LogP contribution in [0.25, 0.3) is 0 Å². The van der Waals surface area contributed by atoms with Crippen LogP contribution in [0, 0.1) is 0 Å². The predicted octanol–water partition coefficient (Wildman–Crippen LogP) is 2.80. The molecule has 0 aromatic heterocycles. The molecule has 2 N–H and O–H groups in total. The topological polar surface area (TPSA) is 38.5 Å². The van der Waals surface area contributed by atoms with Crippen LogP contribution in [0.2, 0.25) is 0 Å². The van der Waals surface area contributed by atoms with Crippen molar-refractivity contribution in [1.29, 1.82) is 0 Å². The van der Waals surface area contributed by atoms with Gasteiger partial charge in [0.2, 0.25) is 0 Å². The summed E-state index contributed by atoms with van der Waals surface area (Å²) < 4.78 is 5.39. The van der Waals surface area contributed by atoms with E-state index in [1.807, 2.05) is 24.3 Å². The number of hydrogen-bond donors (Lipinski definition) is 1. The minimum absolute atomic E-state index is 0.173. The fraction of sp³-hybridized carbons (Fsp3) is 0.294. The summed E-state index contributed by atoms with van der Waals surface area (Å²) in [7, 11) is 5.80. The van der Waals surface area contributed by atoms with Gasteiger partial charge in [0.25, 0.3) is 0 Å². The predicted molar refractivity (Wildman–Crippen MR) is 82.9 cm³/mol. The van der Waals surface area contributed by atoms with E-state index in [2.05, 4.69) is 43.3 Å². The maximum Gasteiger partial charge on any atom is 0.123 e. The SMILES string of the molecule is COc1ccccc1C(N)c1cccc(CN(C)C)c1. The van der Waals surface area contributed by atoms with Gasteiger partial charge in [-0.2, -0.15) is 0 Å². The third-order valence-electron chi connectivity index (χ3n) is 3.28. The Morgan fingerprint density at radius 2 is 1.85 bits per heavy atom. The van der Waals surface area contributed by atoms with Crippen molar-refractivity contribution in [3.63, 3.8) is 0 Å². The summed E-state index contributed by atoms with van der Waals surface area (Å²) in [5.74, 6) is 0.831. The second-order valence-electron chi connectivity index (χ2n) is 5.20. The number of methoxy groups -OCH3 is 1. The molecule has 0 amide bonds. The van der Waals surface area contributed by atoms with Gasteiger partial charge >= 0.3 is 0 Å². The summed E-state index contributed by atoms with van der Waals surface area (Å²) in [5, 5.41) is 0. The van der Waals surface area contributed by atoms with Gasteiger partial charge in [-0.1, -0.05) is 42.5 Å². The zero-order chi connectivity index (χ0) is 14.5. The summed E-state index contributed by atoms with van der Waals surface area (Å²) in [6.07, 6.45) is 0. The van der Waals surface area contributed by atoms with Crippen molar-refractivity contribution in [3.05, 3.63) is 65.2 Å². The Bertz CT molecular complexity index is 566. The van der Waals surface area contributed by atoms with Crippen LogP contribution in [-0.2, 0) is 6.54 Å². The first-order chi connectivity index (χ1) is 9.61. The minimum Gasteiger partial charge on any atom is -0.496 e. The highest BCUT2D eigenvalue weighted by atomic mass is 16.5. The van der Waals surface area contributed by atoms with Crippen molar-refractivity contribution in [2.24, 2.45) is 5.73 Å². The van der Waals surface area contributed by atoms with Crippen LogP contribution in [0.15, 0.2) is 48.5 Å². The quantitative estimate of drug-likeness (QED) is 0.908. The molecule has 2 aromatic rings. The molecule has 3 nitrogen and oxygen atoms in total. The molecule has 106 valence electrons. The van der Waals surface area contributed by atoms with Crippen LogP contribution < -0.4 is 10.5 Å². The first-order valence-electron chi connectivity index (χ1n) is 6.74. The molecule has 0 bridgehead atoms. The number of nitrogens with zero attached hydrogens (tertiary/aromatic N) is 1. The number of hydrogen-bond acceptors (Lipinski definition) is 3. The van der Waals surface area contributed by atoms with E-state index in [4.69, 9.17) is 10.5 Å². The molecule has 0 radical (unpaired) electrons.